The fourth-order valence-corrected chi connectivity index (χ4v) is 1.40. The van der Waals surface area contributed by atoms with Crippen molar-refractivity contribution in [1.82, 2.24) is 4.98 Å². The van der Waals surface area contributed by atoms with E-state index in [-0.39, 0.29) is 5.82 Å². The number of aromatic nitrogens is 1. The fraction of sp³-hybridized carbons (Fsp3) is 0. The summed E-state index contributed by atoms with van der Waals surface area (Å²) in [4.78, 5) is 12.7. The van der Waals surface area contributed by atoms with Crippen molar-refractivity contribution >= 4 is 23.7 Å². The lowest BCUT2D eigenvalue weighted by Crippen LogP contribution is -1.86. The molecule has 1 aromatic heterocycles. The summed E-state index contributed by atoms with van der Waals surface area (Å²) in [5, 5.41) is 10.5. The average Bonchev–Trinajstić information content (AvgIpc) is 2.77. The minimum Gasteiger partial charge on any atom is -0.399 e. The predicted octanol–water partition coefficient (Wildman–Crippen LogP) is 2.68. The highest BCUT2D eigenvalue weighted by Crippen LogP contribution is 2.13. The van der Waals surface area contributed by atoms with E-state index in [0.29, 0.717) is 11.4 Å². The zero-order chi connectivity index (χ0) is 12.3. The van der Waals surface area contributed by atoms with Gasteiger partial charge in [-0.05, 0) is 34.8 Å². The molecule has 2 rings (SSSR count). The van der Waals surface area contributed by atoms with Gasteiger partial charge in [-0.2, -0.15) is 0 Å². The molecule has 0 aliphatic rings. The van der Waals surface area contributed by atoms with Crippen LogP contribution in [0.3, 0.4) is 0 Å². The summed E-state index contributed by atoms with van der Waals surface area (Å²) >= 11 is 0. The molecule has 0 aliphatic heterocycles. The maximum atomic E-state index is 10.5. The molecular weight excluding hydrogens is 218 g/mol. The van der Waals surface area contributed by atoms with Gasteiger partial charge in [0.25, 0.3) is 0 Å². The van der Waals surface area contributed by atoms with Crippen LogP contribution in [0.2, 0.25) is 0 Å². The number of anilines is 1. The number of hydrogen-bond acceptors (Lipinski definition) is 3. The van der Waals surface area contributed by atoms with Crippen molar-refractivity contribution in [1.29, 1.82) is 0 Å². The van der Waals surface area contributed by atoms with Crippen molar-refractivity contribution in [2.24, 2.45) is 0 Å². The van der Waals surface area contributed by atoms with E-state index in [1.54, 1.807) is 24.3 Å². The quantitative estimate of drug-likeness (QED) is 0.482. The van der Waals surface area contributed by atoms with E-state index in [1.165, 1.54) is 6.07 Å². The summed E-state index contributed by atoms with van der Waals surface area (Å²) in [6.07, 6.45) is 3.63. The van der Waals surface area contributed by atoms with Crippen LogP contribution in [-0.4, -0.2) is 9.91 Å². The number of nitro groups is 1. The first-order chi connectivity index (χ1) is 8.15. The standard InChI is InChI=1S/C12H11N3O2/c13-10-4-1-9(2-5-10)3-6-11-7-8-12(14-11)15(16)17/h1-8,14H,13H2/b6-3+. The molecule has 0 unspecified atom stereocenters. The van der Waals surface area contributed by atoms with Gasteiger partial charge in [0.15, 0.2) is 0 Å². The third-order valence-electron chi connectivity index (χ3n) is 2.28. The maximum Gasteiger partial charge on any atom is 0.321 e. The van der Waals surface area contributed by atoms with E-state index >= 15 is 0 Å². The Morgan fingerprint density at radius 2 is 1.82 bits per heavy atom. The average molecular weight is 229 g/mol. The molecule has 0 amide bonds. The van der Waals surface area contributed by atoms with Gasteiger partial charge < -0.3 is 15.8 Å². The molecule has 0 radical (unpaired) electrons. The van der Waals surface area contributed by atoms with Crippen LogP contribution in [0.1, 0.15) is 11.3 Å². The molecule has 1 aromatic carbocycles. The molecule has 0 aliphatic carbocycles. The molecule has 0 saturated heterocycles. The van der Waals surface area contributed by atoms with E-state index in [2.05, 4.69) is 4.98 Å². The van der Waals surface area contributed by atoms with Gasteiger partial charge in [0.2, 0.25) is 0 Å². The number of nitrogen functional groups attached to an aromatic ring is 1. The summed E-state index contributed by atoms with van der Waals surface area (Å²) in [5.41, 5.74) is 7.94. The second-order valence-corrected chi connectivity index (χ2v) is 3.56. The molecule has 86 valence electrons. The first-order valence-corrected chi connectivity index (χ1v) is 5.02. The topological polar surface area (TPSA) is 84.9 Å². The van der Waals surface area contributed by atoms with Crippen molar-refractivity contribution < 1.29 is 4.92 Å². The highest BCUT2D eigenvalue weighted by atomic mass is 16.6. The second-order valence-electron chi connectivity index (χ2n) is 3.56. The third kappa shape index (κ3) is 2.72. The Labute approximate surface area is 97.7 Å². The van der Waals surface area contributed by atoms with Crippen molar-refractivity contribution in [3.8, 4) is 0 Å². The molecule has 17 heavy (non-hydrogen) atoms. The summed E-state index contributed by atoms with van der Waals surface area (Å²) in [7, 11) is 0. The lowest BCUT2D eigenvalue weighted by Gasteiger charge is -1.93. The normalized spacial score (nSPS) is 10.8. The molecule has 0 spiro atoms. The number of nitrogens with one attached hydrogen (secondary N) is 1. The predicted molar refractivity (Wildman–Crippen MR) is 67.2 cm³/mol. The van der Waals surface area contributed by atoms with Gasteiger partial charge in [-0.15, -0.1) is 0 Å². The van der Waals surface area contributed by atoms with Crippen LogP contribution in [0.25, 0.3) is 12.2 Å². The Hall–Kier alpha value is -2.56. The molecule has 0 bridgehead atoms. The van der Waals surface area contributed by atoms with E-state index in [1.807, 2.05) is 18.2 Å². The smallest absolute Gasteiger partial charge is 0.321 e. The van der Waals surface area contributed by atoms with Crippen molar-refractivity contribution in [2.45, 2.75) is 0 Å². The number of aromatic amines is 1. The summed E-state index contributed by atoms with van der Waals surface area (Å²) < 4.78 is 0. The van der Waals surface area contributed by atoms with Gasteiger partial charge >= 0.3 is 5.82 Å². The number of hydrogen-bond donors (Lipinski definition) is 2. The minimum atomic E-state index is -0.458. The van der Waals surface area contributed by atoms with Gasteiger partial charge in [0, 0.05) is 11.8 Å². The van der Waals surface area contributed by atoms with E-state index < -0.39 is 4.92 Å². The number of H-pyrrole nitrogens is 1. The highest BCUT2D eigenvalue weighted by molar-refractivity contribution is 5.69. The van der Waals surface area contributed by atoms with Gasteiger partial charge in [-0.3, -0.25) is 0 Å². The van der Waals surface area contributed by atoms with Crippen LogP contribution in [0.15, 0.2) is 36.4 Å². The molecule has 0 atom stereocenters. The molecule has 2 aromatic rings. The second kappa shape index (κ2) is 4.52. The van der Waals surface area contributed by atoms with Gasteiger partial charge in [0.1, 0.15) is 5.69 Å². The van der Waals surface area contributed by atoms with Crippen LogP contribution >= 0.6 is 0 Å². The first-order valence-electron chi connectivity index (χ1n) is 5.02. The lowest BCUT2D eigenvalue weighted by molar-refractivity contribution is -0.389. The molecule has 5 heteroatoms. The molecule has 0 saturated carbocycles. The summed E-state index contributed by atoms with van der Waals surface area (Å²) in [6, 6.07) is 10.5. The van der Waals surface area contributed by atoms with Gasteiger partial charge in [-0.1, -0.05) is 18.2 Å². The lowest BCUT2D eigenvalue weighted by atomic mass is 10.2. The summed E-state index contributed by atoms with van der Waals surface area (Å²) in [5.74, 6) is -0.0121. The molecule has 5 nitrogen and oxygen atoms in total. The largest absolute Gasteiger partial charge is 0.399 e. The van der Waals surface area contributed by atoms with E-state index in [0.717, 1.165) is 5.56 Å². The van der Waals surface area contributed by atoms with Gasteiger partial charge in [-0.25, -0.2) is 4.98 Å². The van der Waals surface area contributed by atoms with Crippen LogP contribution in [0.4, 0.5) is 11.5 Å². The monoisotopic (exact) mass is 229 g/mol. The number of nitrogens with zero attached hydrogens (tertiary/aromatic N) is 1. The Morgan fingerprint density at radius 1 is 1.12 bits per heavy atom. The van der Waals surface area contributed by atoms with Crippen molar-refractivity contribution in [3.63, 3.8) is 0 Å². The van der Waals surface area contributed by atoms with Crippen LogP contribution in [0, 0.1) is 10.1 Å². The maximum absolute atomic E-state index is 10.5. The Kier molecular flexibility index (Phi) is 2.91. The first kappa shape index (κ1) is 10.9. The van der Waals surface area contributed by atoms with Crippen LogP contribution in [0.5, 0.6) is 0 Å². The highest BCUT2D eigenvalue weighted by Gasteiger charge is 2.04. The van der Waals surface area contributed by atoms with Crippen LogP contribution in [-0.2, 0) is 0 Å². The number of nitrogens with two attached hydrogens (primary N) is 1. The zero-order valence-corrected chi connectivity index (χ0v) is 8.96. The van der Waals surface area contributed by atoms with E-state index in [9.17, 15) is 10.1 Å². The summed E-state index contributed by atoms with van der Waals surface area (Å²) in [6.45, 7) is 0. The van der Waals surface area contributed by atoms with Crippen molar-refractivity contribution in [2.75, 3.05) is 5.73 Å². The zero-order valence-electron chi connectivity index (χ0n) is 8.96. The fourth-order valence-electron chi connectivity index (χ4n) is 1.40. The van der Waals surface area contributed by atoms with Crippen LogP contribution < -0.4 is 5.73 Å². The minimum absolute atomic E-state index is 0.0121. The molecule has 0 fully saturated rings. The van der Waals surface area contributed by atoms with E-state index in [4.69, 9.17) is 5.73 Å². The SMILES string of the molecule is Nc1ccc(/C=C/c2ccc([N+](=O)[O-])[nH]2)cc1. The van der Waals surface area contributed by atoms with Crippen molar-refractivity contribution in [3.05, 3.63) is 57.8 Å². The third-order valence-corrected chi connectivity index (χ3v) is 2.28. The molecular formula is C12H11N3O2. The molecule has 1 heterocycles. The Morgan fingerprint density at radius 3 is 2.41 bits per heavy atom. The number of benzene rings is 1. The van der Waals surface area contributed by atoms with Gasteiger partial charge in [0.05, 0.1) is 0 Å². The molecule has 3 N–H and O–H groups in total. The Balaban J connectivity index is 2.14. The number of rotatable bonds is 3. The Bertz CT molecular complexity index is 555.